The number of hydrogen-bond acceptors (Lipinski definition) is 4. The van der Waals surface area contributed by atoms with Crippen LogP contribution in [0.2, 0.25) is 5.02 Å². The summed E-state index contributed by atoms with van der Waals surface area (Å²) >= 11 is 5.88. The third kappa shape index (κ3) is 5.50. The van der Waals surface area contributed by atoms with Crippen LogP contribution in [-0.4, -0.2) is 20.9 Å². The van der Waals surface area contributed by atoms with Crippen LogP contribution in [0.3, 0.4) is 0 Å². The first kappa shape index (κ1) is 20.2. The van der Waals surface area contributed by atoms with Gasteiger partial charge in [0.1, 0.15) is 17.3 Å². The molecule has 1 aromatic heterocycles. The van der Waals surface area contributed by atoms with Crippen LogP contribution in [0.4, 0.5) is 4.39 Å². The van der Waals surface area contributed by atoms with Gasteiger partial charge in [0.25, 0.3) is 0 Å². The molecule has 28 heavy (non-hydrogen) atoms. The van der Waals surface area contributed by atoms with E-state index in [9.17, 15) is 13.4 Å². The zero-order chi connectivity index (χ0) is 20.1. The fourth-order valence-electron chi connectivity index (χ4n) is 2.48. The van der Waals surface area contributed by atoms with Crippen molar-refractivity contribution in [1.82, 2.24) is 10.3 Å². The highest BCUT2D eigenvalue weighted by atomic mass is 35.5. The first-order valence-electron chi connectivity index (χ1n) is 8.49. The van der Waals surface area contributed by atoms with Gasteiger partial charge in [-0.3, -0.25) is 9.00 Å². The molecule has 8 heteroatoms. The van der Waals surface area contributed by atoms with E-state index in [2.05, 4.69) is 10.3 Å². The van der Waals surface area contributed by atoms with Crippen LogP contribution in [0.5, 0.6) is 0 Å². The van der Waals surface area contributed by atoms with Crippen LogP contribution in [0.15, 0.2) is 52.9 Å². The van der Waals surface area contributed by atoms with Gasteiger partial charge in [0.15, 0.2) is 0 Å². The van der Waals surface area contributed by atoms with Gasteiger partial charge in [0.2, 0.25) is 11.8 Å². The van der Waals surface area contributed by atoms with E-state index in [0.29, 0.717) is 22.4 Å². The topological polar surface area (TPSA) is 72.2 Å². The predicted molar refractivity (Wildman–Crippen MR) is 107 cm³/mol. The minimum absolute atomic E-state index is 0.118. The number of nitrogens with zero attached hydrogens (tertiary/aromatic N) is 1. The SMILES string of the molecule is Cc1oc(-c2ccc(Cl)cc2)nc1C[S@@](=O)CC(=O)NCc1ccc(F)cc1. The Hall–Kier alpha value is -2.51. The fourth-order valence-corrected chi connectivity index (χ4v) is 3.68. The monoisotopic (exact) mass is 420 g/mol. The van der Waals surface area contributed by atoms with Gasteiger partial charge in [-0.1, -0.05) is 23.7 Å². The van der Waals surface area contributed by atoms with Crippen LogP contribution in [0.25, 0.3) is 11.5 Å². The fraction of sp³-hybridized carbons (Fsp3) is 0.200. The molecule has 3 rings (SSSR count). The number of aromatic nitrogens is 1. The normalized spacial score (nSPS) is 12.0. The Labute approximate surface area is 169 Å². The van der Waals surface area contributed by atoms with E-state index in [-0.39, 0.29) is 29.8 Å². The molecule has 146 valence electrons. The number of aryl methyl sites for hydroxylation is 1. The van der Waals surface area contributed by atoms with Gasteiger partial charge < -0.3 is 9.73 Å². The Morgan fingerprint density at radius 2 is 1.86 bits per heavy atom. The van der Waals surface area contributed by atoms with Crippen LogP contribution < -0.4 is 5.32 Å². The number of carbonyl (C=O) groups excluding carboxylic acids is 1. The molecule has 1 N–H and O–H groups in total. The molecule has 2 aromatic carbocycles. The summed E-state index contributed by atoms with van der Waals surface area (Å²) in [4.78, 5) is 16.4. The molecule has 0 spiro atoms. The molecule has 1 heterocycles. The molecule has 5 nitrogen and oxygen atoms in total. The average Bonchev–Trinajstić information content (AvgIpc) is 3.02. The largest absolute Gasteiger partial charge is 0.441 e. The molecule has 0 fully saturated rings. The zero-order valence-electron chi connectivity index (χ0n) is 15.1. The quantitative estimate of drug-likeness (QED) is 0.626. The van der Waals surface area contributed by atoms with Crippen molar-refractivity contribution < 1.29 is 17.8 Å². The first-order chi connectivity index (χ1) is 13.4. The number of nitrogens with one attached hydrogen (secondary N) is 1. The van der Waals surface area contributed by atoms with Crippen molar-refractivity contribution in [3.63, 3.8) is 0 Å². The molecule has 0 saturated heterocycles. The third-order valence-corrected chi connectivity index (χ3v) is 5.41. The van der Waals surface area contributed by atoms with Crippen LogP contribution in [0, 0.1) is 12.7 Å². The van der Waals surface area contributed by atoms with E-state index in [0.717, 1.165) is 11.1 Å². The second-order valence-corrected chi connectivity index (χ2v) is 8.05. The van der Waals surface area contributed by atoms with Crippen molar-refractivity contribution in [3.05, 3.63) is 76.4 Å². The predicted octanol–water partition coefficient (Wildman–Crippen LogP) is 4.01. The van der Waals surface area contributed by atoms with Crippen molar-refractivity contribution >= 4 is 28.3 Å². The highest BCUT2D eigenvalue weighted by Gasteiger charge is 2.16. The molecule has 0 bridgehead atoms. The highest BCUT2D eigenvalue weighted by molar-refractivity contribution is 7.84. The van der Waals surface area contributed by atoms with Gasteiger partial charge in [0.05, 0.1) is 11.4 Å². The molecule has 0 aliphatic rings. The van der Waals surface area contributed by atoms with Gasteiger partial charge in [-0.25, -0.2) is 9.37 Å². The summed E-state index contributed by atoms with van der Waals surface area (Å²) in [5.74, 6) is 0.266. The van der Waals surface area contributed by atoms with Crippen molar-refractivity contribution in [1.29, 1.82) is 0 Å². The Morgan fingerprint density at radius 3 is 2.54 bits per heavy atom. The van der Waals surface area contributed by atoms with Crippen molar-refractivity contribution in [2.75, 3.05) is 5.75 Å². The standard InChI is InChI=1S/C20H18ClFN2O3S/c1-13-18(24-20(27-13)15-4-6-16(21)7-5-15)11-28(26)12-19(25)23-10-14-2-8-17(22)9-3-14/h2-9H,10-12H2,1H3,(H,23,25)/t28-/m1/s1. The lowest BCUT2D eigenvalue weighted by Gasteiger charge is -2.05. The number of hydrogen-bond donors (Lipinski definition) is 1. The number of rotatable bonds is 7. The van der Waals surface area contributed by atoms with E-state index < -0.39 is 10.8 Å². The van der Waals surface area contributed by atoms with Crippen molar-refractivity contribution in [2.24, 2.45) is 0 Å². The number of halogens is 2. The molecule has 0 aliphatic carbocycles. The maximum Gasteiger partial charge on any atom is 0.232 e. The summed E-state index contributed by atoms with van der Waals surface area (Å²) in [6, 6.07) is 12.9. The minimum atomic E-state index is -1.44. The van der Waals surface area contributed by atoms with E-state index >= 15 is 0 Å². The minimum Gasteiger partial charge on any atom is -0.441 e. The van der Waals surface area contributed by atoms with Crippen molar-refractivity contribution in [3.8, 4) is 11.5 Å². The second-order valence-electron chi connectivity index (χ2n) is 6.16. The number of amides is 1. The van der Waals surface area contributed by atoms with Gasteiger partial charge >= 0.3 is 0 Å². The zero-order valence-corrected chi connectivity index (χ0v) is 16.6. The molecular formula is C20H18ClFN2O3S. The molecule has 0 aliphatic heterocycles. The maximum absolute atomic E-state index is 12.9. The third-order valence-electron chi connectivity index (χ3n) is 3.98. The molecule has 0 saturated carbocycles. The van der Waals surface area contributed by atoms with E-state index in [1.54, 1.807) is 43.3 Å². The number of oxazole rings is 1. The Bertz CT molecular complexity index is 988. The van der Waals surface area contributed by atoms with E-state index in [4.69, 9.17) is 16.0 Å². The highest BCUT2D eigenvalue weighted by Crippen LogP contribution is 2.24. The summed E-state index contributed by atoms with van der Waals surface area (Å²) in [6.07, 6.45) is 0. The lowest BCUT2D eigenvalue weighted by atomic mass is 10.2. The van der Waals surface area contributed by atoms with Gasteiger partial charge in [-0.05, 0) is 48.9 Å². The summed E-state index contributed by atoms with van der Waals surface area (Å²) in [5.41, 5.74) is 2.08. The molecule has 1 atom stereocenters. The molecule has 1 amide bonds. The van der Waals surface area contributed by atoms with Crippen LogP contribution >= 0.6 is 11.6 Å². The maximum atomic E-state index is 12.9. The number of carbonyl (C=O) groups is 1. The Balaban J connectivity index is 1.55. The molecule has 0 radical (unpaired) electrons. The van der Waals surface area contributed by atoms with Crippen LogP contribution in [-0.2, 0) is 27.9 Å². The molecule has 0 unspecified atom stereocenters. The molecule has 3 aromatic rings. The van der Waals surface area contributed by atoms with Gasteiger partial charge in [-0.15, -0.1) is 0 Å². The average molecular weight is 421 g/mol. The lowest BCUT2D eigenvalue weighted by molar-refractivity contribution is -0.118. The van der Waals surface area contributed by atoms with Crippen LogP contribution in [0.1, 0.15) is 17.0 Å². The van der Waals surface area contributed by atoms with E-state index in [1.807, 2.05) is 0 Å². The summed E-state index contributed by atoms with van der Waals surface area (Å²) in [6.45, 7) is 1.99. The van der Waals surface area contributed by atoms with Gasteiger partial charge in [0, 0.05) is 27.9 Å². The summed E-state index contributed by atoms with van der Waals surface area (Å²) < 4.78 is 30.8. The smallest absolute Gasteiger partial charge is 0.232 e. The van der Waals surface area contributed by atoms with E-state index in [1.165, 1.54) is 12.1 Å². The summed E-state index contributed by atoms with van der Waals surface area (Å²) in [7, 11) is -1.44. The number of benzene rings is 2. The Morgan fingerprint density at radius 1 is 1.18 bits per heavy atom. The second kappa shape index (κ2) is 9.12. The van der Waals surface area contributed by atoms with Crippen molar-refractivity contribution in [2.45, 2.75) is 19.2 Å². The first-order valence-corrected chi connectivity index (χ1v) is 10.4. The molecular weight excluding hydrogens is 403 g/mol. The summed E-state index contributed by atoms with van der Waals surface area (Å²) in [5, 5.41) is 3.29. The van der Waals surface area contributed by atoms with Gasteiger partial charge in [-0.2, -0.15) is 0 Å². The lowest BCUT2D eigenvalue weighted by Crippen LogP contribution is -2.28. The Kier molecular flexibility index (Phi) is 6.59.